The predicted molar refractivity (Wildman–Crippen MR) is 139 cm³/mol. The van der Waals surface area contributed by atoms with Crippen LogP contribution in [-0.2, 0) is 21.3 Å². The fourth-order valence-electron chi connectivity index (χ4n) is 3.87. The molecule has 190 valence electrons. The van der Waals surface area contributed by atoms with Gasteiger partial charge in [-0.1, -0.05) is 35.1 Å². The van der Waals surface area contributed by atoms with Gasteiger partial charge in [-0.25, -0.2) is 13.2 Å². The van der Waals surface area contributed by atoms with Gasteiger partial charge in [-0.15, -0.1) is 6.58 Å². The average Bonchev–Trinajstić information content (AvgIpc) is 3.22. The van der Waals surface area contributed by atoms with Crippen molar-refractivity contribution in [3.8, 4) is 0 Å². The van der Waals surface area contributed by atoms with Gasteiger partial charge in [0.15, 0.2) is 4.80 Å². The lowest BCUT2D eigenvalue weighted by Gasteiger charge is -2.33. The second kappa shape index (κ2) is 11.0. The molecule has 2 amide bonds. The number of amides is 2. The summed E-state index contributed by atoms with van der Waals surface area (Å²) in [5.74, 6) is -0.498. The van der Waals surface area contributed by atoms with Crippen molar-refractivity contribution in [2.24, 2.45) is 4.99 Å². The highest BCUT2D eigenvalue weighted by Gasteiger charge is 2.30. The van der Waals surface area contributed by atoms with Gasteiger partial charge in [-0.05, 0) is 43.3 Å². The summed E-state index contributed by atoms with van der Waals surface area (Å²) in [4.78, 5) is 31.1. The maximum atomic E-state index is 13.1. The van der Waals surface area contributed by atoms with Crippen LogP contribution in [0.5, 0.6) is 0 Å². The molecule has 0 aliphatic carbocycles. The molecule has 2 heterocycles. The van der Waals surface area contributed by atoms with Gasteiger partial charge in [-0.3, -0.25) is 4.79 Å². The number of nitrogens with zero attached hydrogens (tertiary/aromatic N) is 4. The van der Waals surface area contributed by atoms with Crippen LogP contribution in [0.15, 0.2) is 65.0 Å². The van der Waals surface area contributed by atoms with Crippen molar-refractivity contribution in [1.29, 1.82) is 0 Å². The molecule has 0 N–H and O–H groups in total. The Bertz CT molecular complexity index is 1470. The summed E-state index contributed by atoms with van der Waals surface area (Å²) in [6, 6.07) is 11.2. The summed E-state index contributed by atoms with van der Waals surface area (Å²) in [5, 5.41) is 0.553. The summed E-state index contributed by atoms with van der Waals surface area (Å²) >= 11 is 7.70. The molecule has 1 aliphatic rings. The molecule has 0 unspecified atom stereocenters. The van der Waals surface area contributed by atoms with E-state index < -0.39 is 22.0 Å². The van der Waals surface area contributed by atoms with Crippen LogP contribution in [0.2, 0.25) is 5.02 Å². The van der Waals surface area contributed by atoms with Crippen molar-refractivity contribution in [2.75, 3.05) is 32.8 Å². The minimum Gasteiger partial charge on any atom is -0.450 e. The molecule has 36 heavy (non-hydrogen) atoms. The number of fused-ring (bicyclic) bond motifs is 1. The van der Waals surface area contributed by atoms with Crippen molar-refractivity contribution in [2.45, 2.75) is 18.4 Å². The van der Waals surface area contributed by atoms with Crippen molar-refractivity contribution in [1.82, 2.24) is 13.8 Å². The molecule has 1 saturated heterocycles. The zero-order chi connectivity index (χ0) is 25.9. The van der Waals surface area contributed by atoms with Gasteiger partial charge in [0, 0.05) is 38.3 Å². The third-order valence-electron chi connectivity index (χ3n) is 5.66. The van der Waals surface area contributed by atoms with Crippen LogP contribution < -0.4 is 4.80 Å². The third-order valence-corrected chi connectivity index (χ3v) is 8.93. The Morgan fingerprint density at radius 1 is 1.14 bits per heavy atom. The highest BCUT2D eigenvalue weighted by atomic mass is 35.5. The number of piperazine rings is 1. The zero-order valence-electron chi connectivity index (χ0n) is 19.6. The molecule has 1 aliphatic heterocycles. The van der Waals surface area contributed by atoms with Crippen molar-refractivity contribution in [3.05, 3.63) is 70.5 Å². The quantitative estimate of drug-likeness (QED) is 0.437. The van der Waals surface area contributed by atoms with E-state index >= 15 is 0 Å². The monoisotopic (exact) mass is 548 g/mol. The highest BCUT2D eigenvalue weighted by molar-refractivity contribution is 7.89. The van der Waals surface area contributed by atoms with Gasteiger partial charge in [-0.2, -0.15) is 9.30 Å². The molecule has 2 aromatic carbocycles. The second-order valence-corrected chi connectivity index (χ2v) is 11.3. The average molecular weight is 549 g/mol. The Labute approximate surface area is 217 Å². The van der Waals surface area contributed by atoms with Crippen molar-refractivity contribution >= 4 is 55.2 Å². The van der Waals surface area contributed by atoms with Crippen LogP contribution in [-0.4, -0.2) is 67.0 Å². The maximum absolute atomic E-state index is 13.1. The van der Waals surface area contributed by atoms with E-state index in [2.05, 4.69) is 11.6 Å². The van der Waals surface area contributed by atoms with Crippen LogP contribution in [0.4, 0.5) is 4.79 Å². The smallest absolute Gasteiger partial charge is 0.409 e. The lowest BCUT2D eigenvalue weighted by molar-refractivity contribution is 0.0933. The number of benzene rings is 2. The van der Waals surface area contributed by atoms with Crippen molar-refractivity contribution < 1.29 is 22.7 Å². The number of allylic oxidation sites excluding steroid dienone is 1. The number of hydrogen-bond acceptors (Lipinski definition) is 6. The Morgan fingerprint density at radius 2 is 1.83 bits per heavy atom. The van der Waals surface area contributed by atoms with E-state index in [4.69, 9.17) is 16.3 Å². The van der Waals surface area contributed by atoms with Crippen LogP contribution >= 0.6 is 22.9 Å². The number of aromatic nitrogens is 1. The Balaban J connectivity index is 1.54. The van der Waals surface area contributed by atoms with Gasteiger partial charge >= 0.3 is 6.09 Å². The fourth-order valence-corrected chi connectivity index (χ4v) is 6.69. The summed E-state index contributed by atoms with van der Waals surface area (Å²) in [5.41, 5.74) is 1.04. The van der Waals surface area contributed by atoms with Gasteiger partial charge in [0.1, 0.15) is 0 Å². The number of carbonyl (C=O) groups is 2. The molecule has 1 fully saturated rings. The molecule has 9 nitrogen and oxygen atoms in total. The van der Waals surface area contributed by atoms with Crippen LogP contribution in [0, 0.1) is 0 Å². The number of sulfonamides is 1. The Hall–Kier alpha value is -2.99. The molecule has 1 aromatic heterocycles. The lowest BCUT2D eigenvalue weighted by Crippen LogP contribution is -2.50. The SMILES string of the molecule is C=CCn1c(=NC(=O)c2ccc(S(=O)(=O)N3CCN(C(=O)OCC)CC3)cc2)sc2cccc(Cl)c21. The number of para-hydroxylation sites is 1. The van der Waals surface area contributed by atoms with Crippen LogP contribution in [0.3, 0.4) is 0 Å². The summed E-state index contributed by atoms with van der Waals surface area (Å²) in [6.45, 7) is 7.00. The normalized spacial score (nSPS) is 15.3. The standard InChI is InChI=1S/C24H25ClN4O5S2/c1-3-12-29-21-19(25)6-5-7-20(21)35-23(29)26-22(30)17-8-10-18(11-9-17)36(32,33)28-15-13-27(14-16-28)24(31)34-4-2/h3,5-11H,1,4,12-16H2,2H3. The number of halogens is 1. The van der Waals surface area contributed by atoms with Gasteiger partial charge in [0.05, 0.1) is 26.7 Å². The fraction of sp³-hybridized carbons (Fsp3) is 0.292. The first kappa shape index (κ1) is 26.1. The number of carbonyl (C=O) groups excluding carboxylic acids is 2. The molecule has 4 rings (SSSR count). The first-order valence-electron chi connectivity index (χ1n) is 11.3. The first-order valence-corrected chi connectivity index (χ1v) is 13.9. The molecule has 3 aromatic rings. The number of thiazole rings is 1. The first-order chi connectivity index (χ1) is 17.3. The van der Waals surface area contributed by atoms with Crippen molar-refractivity contribution in [3.63, 3.8) is 0 Å². The number of hydrogen-bond donors (Lipinski definition) is 0. The predicted octanol–water partition coefficient (Wildman–Crippen LogP) is 3.75. The third kappa shape index (κ3) is 5.24. The summed E-state index contributed by atoms with van der Waals surface area (Å²) in [6.07, 6.45) is 1.25. The molecule has 12 heteroatoms. The van der Waals surface area contributed by atoms with E-state index in [1.165, 1.54) is 44.8 Å². The molecular formula is C24H25ClN4O5S2. The molecular weight excluding hydrogens is 524 g/mol. The molecule has 0 saturated carbocycles. The van der Waals surface area contributed by atoms with Gasteiger partial charge in [0.2, 0.25) is 10.0 Å². The van der Waals surface area contributed by atoms with Crippen LogP contribution in [0.25, 0.3) is 10.2 Å². The number of rotatable bonds is 6. The molecule has 0 radical (unpaired) electrons. The maximum Gasteiger partial charge on any atom is 0.409 e. The largest absolute Gasteiger partial charge is 0.450 e. The van der Waals surface area contributed by atoms with E-state index in [1.54, 1.807) is 19.1 Å². The van der Waals surface area contributed by atoms with Crippen LogP contribution in [0.1, 0.15) is 17.3 Å². The minimum absolute atomic E-state index is 0.0685. The second-order valence-electron chi connectivity index (χ2n) is 7.90. The summed E-state index contributed by atoms with van der Waals surface area (Å²) < 4.78 is 35.1. The van der Waals surface area contributed by atoms with E-state index in [1.807, 2.05) is 16.7 Å². The van der Waals surface area contributed by atoms with E-state index in [0.29, 0.717) is 16.4 Å². The van der Waals surface area contributed by atoms with E-state index in [9.17, 15) is 18.0 Å². The summed E-state index contributed by atoms with van der Waals surface area (Å²) in [7, 11) is -3.78. The van der Waals surface area contributed by atoms with Gasteiger partial charge < -0.3 is 14.2 Å². The highest BCUT2D eigenvalue weighted by Crippen LogP contribution is 2.25. The Kier molecular flexibility index (Phi) is 7.94. The van der Waals surface area contributed by atoms with Gasteiger partial charge in [0.25, 0.3) is 5.91 Å². The molecule has 0 bridgehead atoms. The van der Waals surface area contributed by atoms with E-state index in [0.717, 1.165) is 10.2 Å². The minimum atomic E-state index is -3.78. The topological polar surface area (TPSA) is 101 Å². The van der Waals surface area contributed by atoms with E-state index in [-0.39, 0.29) is 43.2 Å². The molecule has 0 atom stereocenters. The Morgan fingerprint density at radius 3 is 2.47 bits per heavy atom. The molecule has 0 spiro atoms. The lowest BCUT2D eigenvalue weighted by atomic mass is 10.2. The zero-order valence-corrected chi connectivity index (χ0v) is 22.0. The number of ether oxygens (including phenoxy) is 1.